The monoisotopic (exact) mass is 291 g/mol. The lowest BCUT2D eigenvalue weighted by Gasteiger charge is -2.27. The fourth-order valence-electron chi connectivity index (χ4n) is 3.44. The van der Waals surface area contributed by atoms with Crippen LogP contribution in [0.3, 0.4) is 0 Å². The fourth-order valence-corrected chi connectivity index (χ4v) is 4.10. The van der Waals surface area contributed by atoms with E-state index in [1.54, 1.807) is 11.1 Å². The Morgan fingerprint density at radius 3 is 2.90 bits per heavy atom. The predicted octanol–water partition coefficient (Wildman–Crippen LogP) is 4.82. The Bertz CT molecular complexity index is 391. The highest BCUT2D eigenvalue weighted by Gasteiger charge is 2.26. The van der Waals surface area contributed by atoms with Gasteiger partial charge in [-0.2, -0.15) is 11.8 Å². The minimum absolute atomic E-state index is 0.574. The molecule has 1 aliphatic carbocycles. The normalized spacial score (nSPS) is 22.3. The lowest BCUT2D eigenvalue weighted by Crippen LogP contribution is -2.28. The standard InChI is InChI=1S/C18H29NS/c1-3-19-18-16(12-8-14-20-4-2)11-7-10-15-9-5-6-13-17(15)18/h5-6,9,13,16,18-19H,3-4,7-8,10-12,14H2,1-2H3. The van der Waals surface area contributed by atoms with E-state index in [0.29, 0.717) is 6.04 Å². The summed E-state index contributed by atoms with van der Waals surface area (Å²) in [5, 5.41) is 3.76. The van der Waals surface area contributed by atoms with Crippen LogP contribution in [0, 0.1) is 5.92 Å². The molecule has 1 aromatic carbocycles. The van der Waals surface area contributed by atoms with E-state index >= 15 is 0 Å². The maximum atomic E-state index is 3.76. The third-order valence-electron chi connectivity index (χ3n) is 4.37. The molecule has 1 aromatic rings. The van der Waals surface area contributed by atoms with Crippen molar-refractivity contribution in [3.8, 4) is 0 Å². The second kappa shape index (κ2) is 8.74. The van der Waals surface area contributed by atoms with Crippen LogP contribution in [0.15, 0.2) is 24.3 Å². The van der Waals surface area contributed by atoms with Crippen LogP contribution in [0.5, 0.6) is 0 Å². The van der Waals surface area contributed by atoms with Gasteiger partial charge >= 0.3 is 0 Å². The molecular formula is C18H29NS. The molecule has 0 saturated heterocycles. The smallest absolute Gasteiger partial charge is 0.0351 e. The second-order valence-electron chi connectivity index (χ2n) is 5.73. The summed E-state index contributed by atoms with van der Waals surface area (Å²) in [5.74, 6) is 3.40. The van der Waals surface area contributed by atoms with Gasteiger partial charge in [0.25, 0.3) is 0 Å². The van der Waals surface area contributed by atoms with Crippen molar-refractivity contribution in [2.45, 2.75) is 52.0 Å². The molecule has 1 aliphatic rings. The average molecular weight is 292 g/mol. The first-order chi connectivity index (χ1) is 9.86. The van der Waals surface area contributed by atoms with Gasteiger partial charge in [0.2, 0.25) is 0 Å². The van der Waals surface area contributed by atoms with E-state index in [1.807, 2.05) is 0 Å². The summed E-state index contributed by atoms with van der Waals surface area (Å²) in [6, 6.07) is 9.65. The van der Waals surface area contributed by atoms with Crippen LogP contribution in [0.2, 0.25) is 0 Å². The lowest BCUT2D eigenvalue weighted by molar-refractivity contribution is 0.326. The minimum atomic E-state index is 0.574. The summed E-state index contributed by atoms with van der Waals surface area (Å²) in [6.45, 7) is 5.56. The van der Waals surface area contributed by atoms with Gasteiger partial charge in [-0.3, -0.25) is 0 Å². The van der Waals surface area contributed by atoms with Gasteiger partial charge in [-0.15, -0.1) is 0 Å². The van der Waals surface area contributed by atoms with Crippen LogP contribution in [0.25, 0.3) is 0 Å². The lowest BCUT2D eigenvalue weighted by atomic mass is 9.87. The van der Waals surface area contributed by atoms with Gasteiger partial charge in [0.15, 0.2) is 0 Å². The summed E-state index contributed by atoms with van der Waals surface area (Å²) in [4.78, 5) is 0. The Morgan fingerprint density at radius 2 is 2.10 bits per heavy atom. The predicted molar refractivity (Wildman–Crippen MR) is 91.5 cm³/mol. The molecule has 0 spiro atoms. The first kappa shape index (κ1) is 15.9. The Labute approximate surface area is 128 Å². The molecule has 2 unspecified atom stereocenters. The van der Waals surface area contributed by atoms with E-state index < -0.39 is 0 Å². The van der Waals surface area contributed by atoms with E-state index in [0.717, 1.165) is 12.5 Å². The zero-order valence-corrected chi connectivity index (χ0v) is 13.8. The largest absolute Gasteiger partial charge is 0.310 e. The molecule has 2 heteroatoms. The zero-order chi connectivity index (χ0) is 14.2. The van der Waals surface area contributed by atoms with Crippen molar-refractivity contribution in [2.24, 2.45) is 5.92 Å². The highest BCUT2D eigenvalue weighted by atomic mass is 32.2. The Balaban J connectivity index is 2.06. The summed E-state index contributed by atoms with van der Waals surface area (Å²) in [6.07, 6.45) is 6.73. The summed E-state index contributed by atoms with van der Waals surface area (Å²) >= 11 is 2.08. The van der Waals surface area contributed by atoms with Crippen molar-refractivity contribution < 1.29 is 0 Å². The second-order valence-corrected chi connectivity index (χ2v) is 7.12. The molecule has 20 heavy (non-hydrogen) atoms. The molecule has 0 aromatic heterocycles. The number of hydrogen-bond donors (Lipinski definition) is 1. The molecule has 0 aliphatic heterocycles. The average Bonchev–Trinajstić information content (AvgIpc) is 2.64. The van der Waals surface area contributed by atoms with Gasteiger partial charge in [-0.1, -0.05) is 38.1 Å². The van der Waals surface area contributed by atoms with Gasteiger partial charge in [0, 0.05) is 6.04 Å². The van der Waals surface area contributed by atoms with Crippen LogP contribution in [-0.4, -0.2) is 18.1 Å². The fraction of sp³-hybridized carbons (Fsp3) is 0.667. The van der Waals surface area contributed by atoms with E-state index in [9.17, 15) is 0 Å². The number of benzene rings is 1. The molecule has 0 radical (unpaired) electrons. The highest BCUT2D eigenvalue weighted by molar-refractivity contribution is 7.99. The van der Waals surface area contributed by atoms with Crippen LogP contribution in [0.1, 0.15) is 56.7 Å². The molecule has 0 heterocycles. The third kappa shape index (κ3) is 4.26. The molecule has 2 rings (SSSR count). The number of rotatable bonds is 7. The quantitative estimate of drug-likeness (QED) is 0.571. The number of nitrogens with one attached hydrogen (secondary N) is 1. The highest BCUT2D eigenvalue weighted by Crippen LogP contribution is 2.35. The number of aryl methyl sites for hydroxylation is 1. The molecule has 1 nitrogen and oxygen atoms in total. The van der Waals surface area contributed by atoms with E-state index in [-0.39, 0.29) is 0 Å². The van der Waals surface area contributed by atoms with Crippen molar-refractivity contribution in [1.29, 1.82) is 0 Å². The van der Waals surface area contributed by atoms with Crippen molar-refractivity contribution in [3.05, 3.63) is 35.4 Å². The van der Waals surface area contributed by atoms with Crippen molar-refractivity contribution in [3.63, 3.8) is 0 Å². The summed E-state index contributed by atoms with van der Waals surface area (Å²) in [7, 11) is 0. The zero-order valence-electron chi connectivity index (χ0n) is 13.0. The van der Waals surface area contributed by atoms with Gasteiger partial charge in [0.1, 0.15) is 0 Å². The molecule has 2 atom stereocenters. The van der Waals surface area contributed by atoms with Gasteiger partial charge in [-0.25, -0.2) is 0 Å². The molecule has 0 saturated carbocycles. The van der Waals surface area contributed by atoms with Crippen molar-refractivity contribution >= 4 is 11.8 Å². The molecule has 1 N–H and O–H groups in total. The maximum Gasteiger partial charge on any atom is 0.0351 e. The maximum absolute atomic E-state index is 3.76. The van der Waals surface area contributed by atoms with Gasteiger partial charge in [-0.05, 0) is 67.2 Å². The Kier molecular flexibility index (Phi) is 6.95. The van der Waals surface area contributed by atoms with Crippen LogP contribution in [-0.2, 0) is 6.42 Å². The van der Waals surface area contributed by atoms with Crippen LogP contribution < -0.4 is 5.32 Å². The molecule has 0 amide bonds. The number of thioether (sulfide) groups is 1. The minimum Gasteiger partial charge on any atom is -0.310 e. The van der Waals surface area contributed by atoms with E-state index in [2.05, 4.69) is 55.2 Å². The Hall–Kier alpha value is -0.470. The first-order valence-corrected chi connectivity index (χ1v) is 9.41. The topological polar surface area (TPSA) is 12.0 Å². The van der Waals surface area contributed by atoms with E-state index in [1.165, 1.54) is 43.6 Å². The van der Waals surface area contributed by atoms with E-state index in [4.69, 9.17) is 0 Å². The molecule has 0 bridgehead atoms. The summed E-state index contributed by atoms with van der Waals surface area (Å²) < 4.78 is 0. The SMILES string of the molecule is CCNC1c2ccccc2CCCC1CCCSCC. The summed E-state index contributed by atoms with van der Waals surface area (Å²) in [5.41, 5.74) is 3.14. The number of fused-ring (bicyclic) bond motifs is 1. The van der Waals surface area contributed by atoms with Gasteiger partial charge in [0.05, 0.1) is 0 Å². The van der Waals surface area contributed by atoms with Crippen LogP contribution in [0.4, 0.5) is 0 Å². The molecule has 112 valence electrons. The van der Waals surface area contributed by atoms with Gasteiger partial charge < -0.3 is 5.32 Å². The first-order valence-electron chi connectivity index (χ1n) is 8.25. The third-order valence-corrected chi connectivity index (χ3v) is 5.36. The van der Waals surface area contributed by atoms with Crippen LogP contribution >= 0.6 is 11.8 Å². The molecule has 0 fully saturated rings. The Morgan fingerprint density at radius 1 is 1.25 bits per heavy atom. The van der Waals surface area contributed by atoms with Crippen molar-refractivity contribution in [2.75, 3.05) is 18.1 Å². The molecular weight excluding hydrogens is 262 g/mol. The number of hydrogen-bond acceptors (Lipinski definition) is 2. The van der Waals surface area contributed by atoms with Crippen molar-refractivity contribution in [1.82, 2.24) is 5.32 Å².